The molecule has 144 valence electrons. The highest BCUT2D eigenvalue weighted by atomic mass is 16.5. The smallest absolute Gasteiger partial charge is 0.163 e. The fourth-order valence-corrected chi connectivity index (χ4v) is 3.46. The molecule has 0 saturated heterocycles. The van der Waals surface area contributed by atoms with Crippen molar-refractivity contribution >= 4 is 11.9 Å². The summed E-state index contributed by atoms with van der Waals surface area (Å²) in [6.07, 6.45) is 6.45. The molecule has 0 unspecified atom stereocenters. The largest absolute Gasteiger partial charge is 0.497 e. The summed E-state index contributed by atoms with van der Waals surface area (Å²) in [5, 5.41) is 8.80. The van der Waals surface area contributed by atoms with E-state index in [1.807, 2.05) is 30.3 Å². The van der Waals surface area contributed by atoms with Gasteiger partial charge in [0.1, 0.15) is 17.3 Å². The first-order valence-electron chi connectivity index (χ1n) is 9.57. The lowest BCUT2D eigenvalue weighted by Crippen LogP contribution is -2.02. The van der Waals surface area contributed by atoms with Gasteiger partial charge in [-0.05, 0) is 49.2 Å². The summed E-state index contributed by atoms with van der Waals surface area (Å²) < 4.78 is 12.9. The molecule has 0 saturated carbocycles. The van der Waals surface area contributed by atoms with Gasteiger partial charge in [-0.2, -0.15) is 0 Å². The summed E-state index contributed by atoms with van der Waals surface area (Å²) in [6.45, 7) is 0.995. The van der Waals surface area contributed by atoms with Gasteiger partial charge in [0.25, 0.3) is 0 Å². The maximum atomic E-state index is 5.42. The number of nitrogens with zero attached hydrogens (tertiary/aromatic N) is 4. The first-order valence-corrected chi connectivity index (χ1v) is 9.57. The van der Waals surface area contributed by atoms with Gasteiger partial charge in [-0.3, -0.25) is 4.99 Å². The molecule has 0 amide bonds. The number of hydrogen-bond acceptors (Lipinski definition) is 5. The number of rotatable bonds is 5. The highest BCUT2D eigenvalue weighted by Gasteiger charge is 2.15. The molecule has 2 aromatic carbocycles. The van der Waals surface area contributed by atoms with Crippen LogP contribution in [0.25, 0.3) is 11.4 Å². The first-order chi connectivity index (χ1) is 13.8. The molecule has 1 aliphatic rings. The molecule has 0 N–H and O–H groups in total. The summed E-state index contributed by atoms with van der Waals surface area (Å²) in [6, 6.07) is 13.8. The van der Waals surface area contributed by atoms with E-state index in [0.717, 1.165) is 52.9 Å². The van der Waals surface area contributed by atoms with Crippen molar-refractivity contribution in [3.8, 4) is 22.9 Å². The van der Waals surface area contributed by atoms with Crippen LogP contribution in [0.3, 0.4) is 0 Å². The van der Waals surface area contributed by atoms with E-state index in [-0.39, 0.29) is 0 Å². The molecule has 0 aliphatic carbocycles. The highest BCUT2D eigenvalue weighted by Crippen LogP contribution is 2.26. The minimum absolute atomic E-state index is 0.728. The number of benzene rings is 2. The van der Waals surface area contributed by atoms with Crippen molar-refractivity contribution in [3.63, 3.8) is 0 Å². The maximum absolute atomic E-state index is 5.42. The van der Waals surface area contributed by atoms with Crippen LogP contribution in [0.15, 0.2) is 47.5 Å². The Morgan fingerprint density at radius 2 is 1.82 bits per heavy atom. The van der Waals surface area contributed by atoms with E-state index in [1.54, 1.807) is 20.4 Å². The van der Waals surface area contributed by atoms with Crippen LogP contribution < -0.4 is 9.47 Å². The average molecular weight is 376 g/mol. The first kappa shape index (κ1) is 18.2. The third kappa shape index (κ3) is 3.76. The van der Waals surface area contributed by atoms with E-state index >= 15 is 0 Å². The third-order valence-electron chi connectivity index (χ3n) is 5.03. The monoisotopic (exact) mass is 376 g/mol. The molecule has 1 aliphatic heterocycles. The van der Waals surface area contributed by atoms with Crippen LogP contribution in [-0.4, -0.2) is 35.2 Å². The van der Waals surface area contributed by atoms with Gasteiger partial charge in [0.15, 0.2) is 5.82 Å². The number of fused-ring (bicyclic) bond motifs is 1. The Morgan fingerprint density at radius 3 is 2.61 bits per heavy atom. The van der Waals surface area contributed by atoms with Gasteiger partial charge in [-0.15, -0.1) is 10.2 Å². The Morgan fingerprint density at radius 1 is 0.964 bits per heavy atom. The molecule has 28 heavy (non-hydrogen) atoms. The van der Waals surface area contributed by atoms with Gasteiger partial charge in [0, 0.05) is 36.4 Å². The molecule has 2 heterocycles. The zero-order valence-corrected chi connectivity index (χ0v) is 16.3. The van der Waals surface area contributed by atoms with Crippen LogP contribution in [0.2, 0.25) is 0 Å². The van der Waals surface area contributed by atoms with Crippen LogP contribution in [0.1, 0.15) is 30.7 Å². The quantitative estimate of drug-likeness (QED) is 0.618. The van der Waals surface area contributed by atoms with Crippen LogP contribution in [-0.2, 0) is 13.0 Å². The van der Waals surface area contributed by atoms with Crippen molar-refractivity contribution in [2.24, 2.45) is 4.99 Å². The molecule has 0 radical (unpaired) electrons. The predicted molar refractivity (Wildman–Crippen MR) is 110 cm³/mol. The van der Waals surface area contributed by atoms with Crippen LogP contribution in [0.5, 0.6) is 11.5 Å². The lowest BCUT2D eigenvalue weighted by atomic mass is 10.2. The fourth-order valence-electron chi connectivity index (χ4n) is 3.46. The molecule has 0 spiro atoms. The maximum Gasteiger partial charge on any atom is 0.163 e. The van der Waals surface area contributed by atoms with Crippen molar-refractivity contribution < 1.29 is 9.47 Å². The molecule has 0 atom stereocenters. The molecule has 4 rings (SSSR count). The van der Waals surface area contributed by atoms with E-state index in [2.05, 4.69) is 31.9 Å². The number of methoxy groups -OCH3 is 2. The van der Waals surface area contributed by atoms with E-state index in [4.69, 9.17) is 9.47 Å². The zero-order valence-electron chi connectivity index (χ0n) is 16.3. The summed E-state index contributed by atoms with van der Waals surface area (Å²) in [4.78, 5) is 4.58. The zero-order chi connectivity index (χ0) is 19.3. The summed E-state index contributed by atoms with van der Waals surface area (Å²) in [7, 11) is 3.28. The molecular weight excluding hydrogens is 352 g/mol. The minimum atomic E-state index is 0.728. The molecule has 0 bridgehead atoms. The Bertz CT molecular complexity index is 977. The lowest BCUT2D eigenvalue weighted by Gasteiger charge is -2.07. The average Bonchev–Trinajstić information content (AvgIpc) is 3.00. The van der Waals surface area contributed by atoms with Crippen molar-refractivity contribution in [2.75, 3.05) is 14.2 Å². The predicted octanol–water partition coefficient (Wildman–Crippen LogP) is 4.44. The molecule has 6 nitrogen and oxygen atoms in total. The standard InChI is InChI=1S/C22H24N4O2/c1-27-19-12-9-17(20(14-19)28-2)15-23-18-10-7-16(8-11-18)22-25-24-21-6-4-3-5-13-26(21)22/h7-12,14-15H,3-6,13H2,1-2H3. The topological polar surface area (TPSA) is 61.5 Å². The Hall–Kier alpha value is -3.15. The van der Waals surface area contributed by atoms with E-state index in [0.29, 0.717) is 0 Å². The van der Waals surface area contributed by atoms with Crippen molar-refractivity contribution in [3.05, 3.63) is 53.9 Å². The van der Waals surface area contributed by atoms with Crippen LogP contribution >= 0.6 is 0 Å². The fraction of sp³-hybridized carbons (Fsp3) is 0.318. The molecule has 3 aromatic rings. The number of ether oxygens (including phenoxy) is 2. The normalized spacial score (nSPS) is 13.9. The van der Waals surface area contributed by atoms with Gasteiger partial charge >= 0.3 is 0 Å². The van der Waals surface area contributed by atoms with Crippen LogP contribution in [0.4, 0.5) is 5.69 Å². The molecule has 6 heteroatoms. The summed E-state index contributed by atoms with van der Waals surface area (Å²) in [5.74, 6) is 3.53. The Labute approximate surface area is 164 Å². The third-order valence-corrected chi connectivity index (χ3v) is 5.03. The Balaban J connectivity index is 1.54. The van der Waals surface area contributed by atoms with Gasteiger partial charge in [-0.1, -0.05) is 6.42 Å². The number of hydrogen-bond donors (Lipinski definition) is 0. The van der Waals surface area contributed by atoms with Gasteiger partial charge in [0.2, 0.25) is 0 Å². The lowest BCUT2D eigenvalue weighted by molar-refractivity contribution is 0.394. The second kappa shape index (κ2) is 8.25. The number of aromatic nitrogens is 3. The second-order valence-electron chi connectivity index (χ2n) is 6.82. The van der Waals surface area contributed by atoms with Crippen molar-refractivity contribution in [2.45, 2.75) is 32.2 Å². The van der Waals surface area contributed by atoms with Crippen molar-refractivity contribution in [1.82, 2.24) is 14.8 Å². The number of aryl methyl sites for hydroxylation is 1. The van der Waals surface area contributed by atoms with E-state index in [9.17, 15) is 0 Å². The second-order valence-corrected chi connectivity index (χ2v) is 6.82. The summed E-state index contributed by atoms with van der Waals surface area (Å²) >= 11 is 0. The Kier molecular flexibility index (Phi) is 5.37. The van der Waals surface area contributed by atoms with E-state index in [1.165, 1.54) is 19.3 Å². The SMILES string of the molecule is COc1ccc(C=Nc2ccc(-c3nnc4n3CCCCC4)cc2)c(OC)c1. The molecular formula is C22H24N4O2. The van der Waals surface area contributed by atoms with Gasteiger partial charge in [-0.25, -0.2) is 0 Å². The number of aliphatic imine (C=N–C) groups is 1. The highest BCUT2D eigenvalue weighted by molar-refractivity contribution is 5.86. The van der Waals surface area contributed by atoms with Gasteiger partial charge < -0.3 is 14.0 Å². The van der Waals surface area contributed by atoms with Crippen molar-refractivity contribution in [1.29, 1.82) is 0 Å². The van der Waals surface area contributed by atoms with E-state index < -0.39 is 0 Å². The summed E-state index contributed by atoms with van der Waals surface area (Å²) in [5.41, 5.74) is 2.84. The van der Waals surface area contributed by atoms with Gasteiger partial charge in [0.05, 0.1) is 19.9 Å². The molecule has 1 aromatic heterocycles. The minimum Gasteiger partial charge on any atom is -0.497 e. The molecule has 0 fully saturated rings. The van der Waals surface area contributed by atoms with Crippen LogP contribution in [0, 0.1) is 0 Å².